The molecule has 0 unspecified atom stereocenters. The summed E-state index contributed by atoms with van der Waals surface area (Å²) >= 11 is 0. The van der Waals surface area contributed by atoms with Crippen molar-refractivity contribution < 1.29 is 0 Å². The van der Waals surface area contributed by atoms with Crippen LogP contribution in [0.4, 0.5) is 0 Å². The van der Waals surface area contributed by atoms with E-state index in [2.05, 4.69) is 463 Å². The second kappa shape index (κ2) is 26.0. The highest BCUT2D eigenvalue weighted by Gasteiger charge is 2.39. The SMILES string of the molecule is CC1(C)c2ccccc2-c2ccc(-n3c4ccccc4c4cc(-c5ccc6c7ccccc7n(-c7ccc(-n8c9ccccc9c9ccc(-c%10ccc%11c(c%10)c%10ccccc%10n%11-c%10ccc%11c(c%10)C(C)(C)c%10ccccc%10-%11)cc98)c(-n8c9ccccc9c9ccc(-c%10ccc%11c(c%10)c%10ccccc%10n%11-c%10ccc%11c(c%10)C(C)(C)c%10ccccc%10-%11)cc98)n7)c6c5)ccc43)cc21. The van der Waals surface area contributed by atoms with Crippen LogP contribution in [0, 0.1) is 0 Å². The number of pyridine rings is 1. The number of aromatic nitrogens is 7. The number of hydrogen-bond acceptors (Lipinski definition) is 1. The lowest BCUT2D eigenvalue weighted by atomic mass is 9.82. The fourth-order valence-corrected chi connectivity index (χ4v) is 23.9. The Morgan fingerprint density at radius 3 is 0.791 bits per heavy atom. The van der Waals surface area contributed by atoms with E-state index in [4.69, 9.17) is 4.98 Å². The van der Waals surface area contributed by atoms with Gasteiger partial charge in [0.1, 0.15) is 5.82 Å². The van der Waals surface area contributed by atoms with Crippen molar-refractivity contribution in [2.75, 3.05) is 0 Å². The molecule has 7 heterocycles. The van der Waals surface area contributed by atoms with Gasteiger partial charge < -0.3 is 18.3 Å². The number of hydrogen-bond donors (Lipinski definition) is 0. The average molecular weight is 1650 g/mol. The van der Waals surface area contributed by atoms with Crippen LogP contribution in [0.5, 0.6) is 0 Å². The average Bonchev–Trinajstić information content (AvgIpc) is 1.57. The summed E-state index contributed by atoms with van der Waals surface area (Å²) in [4.78, 5) is 6.34. The summed E-state index contributed by atoms with van der Waals surface area (Å²) in [6.07, 6.45) is 0. The molecule has 606 valence electrons. The monoisotopic (exact) mass is 1650 g/mol. The molecule has 28 rings (SSSR count). The van der Waals surface area contributed by atoms with E-state index in [-0.39, 0.29) is 16.2 Å². The summed E-state index contributed by atoms with van der Waals surface area (Å²) in [6, 6.07) is 149. The van der Waals surface area contributed by atoms with Gasteiger partial charge in [0, 0.05) is 97.9 Å². The van der Waals surface area contributed by atoms with E-state index in [1.807, 2.05) is 0 Å². The second-order valence-corrected chi connectivity index (χ2v) is 37.7. The smallest absolute Gasteiger partial charge is 0.164 e. The van der Waals surface area contributed by atoms with Gasteiger partial charge in [-0.2, -0.15) is 0 Å². The standard InChI is InChI=1S/C122H83N7/c1-120(2)99-34-16-7-25-81(99)84-55-49-78(69-102(84)120)124-105-37-19-13-31-90(105)96-63-72(46-58-111(96)124)75-43-52-93-87-28-10-22-40-108(87)127(115(93)66-75)114-61-62-118(128-109-41-23-11-29-88(109)94-53-44-76(67-116(94)128)73-47-59-112-97(64-73)91-32-14-20-38-106(91)125(112)79-50-56-85-82-26-8-17-35-100(82)121(3,4)103(85)70-79)123-119(114)129-110-42-24-12-30-89(110)95-54-45-77(68-117(95)129)74-48-60-113-98(65-74)92-33-15-21-39-107(92)126(113)80-51-57-86-83-27-9-18-36-101(83)122(5,6)104(86)71-80/h7-71H,1-6H3. The highest BCUT2D eigenvalue weighted by atomic mass is 15.2. The number of benzene rings is 18. The molecule has 0 fully saturated rings. The quantitative estimate of drug-likeness (QED) is 0.142. The highest BCUT2D eigenvalue weighted by Crippen LogP contribution is 2.55. The van der Waals surface area contributed by atoms with Crippen LogP contribution in [0.25, 0.3) is 232 Å². The molecular weight excluding hydrogens is 1560 g/mol. The van der Waals surface area contributed by atoms with Crippen LogP contribution in [0.15, 0.2) is 394 Å². The zero-order valence-corrected chi connectivity index (χ0v) is 72.2. The molecule has 0 N–H and O–H groups in total. The van der Waals surface area contributed by atoms with Crippen LogP contribution in [0.3, 0.4) is 0 Å². The fraction of sp³-hybridized carbons (Fsp3) is 0.0738. The summed E-state index contributed by atoms with van der Waals surface area (Å²) < 4.78 is 14.8. The first-order valence-electron chi connectivity index (χ1n) is 45.2. The zero-order valence-electron chi connectivity index (χ0n) is 72.2. The van der Waals surface area contributed by atoms with Crippen LogP contribution in [0.2, 0.25) is 0 Å². The maximum Gasteiger partial charge on any atom is 0.164 e. The van der Waals surface area contributed by atoms with Crippen LogP contribution in [-0.2, 0) is 16.2 Å². The van der Waals surface area contributed by atoms with Crippen molar-refractivity contribution in [3.63, 3.8) is 0 Å². The molecule has 7 aromatic heterocycles. The maximum absolute atomic E-state index is 6.34. The first-order chi connectivity index (χ1) is 63.2. The Bertz CT molecular complexity index is 9310. The van der Waals surface area contributed by atoms with Crippen molar-refractivity contribution in [2.45, 2.75) is 57.8 Å². The Labute approximate surface area is 744 Å². The third-order valence-electron chi connectivity index (χ3n) is 30.0. The molecule has 0 bridgehead atoms. The van der Waals surface area contributed by atoms with Crippen LogP contribution in [-0.4, -0.2) is 32.4 Å². The number of para-hydroxylation sites is 6. The minimum Gasteiger partial charge on any atom is -0.309 e. The molecule has 7 heteroatoms. The largest absolute Gasteiger partial charge is 0.309 e. The molecule has 0 saturated carbocycles. The zero-order chi connectivity index (χ0) is 85.3. The van der Waals surface area contributed by atoms with E-state index in [0.29, 0.717) is 0 Å². The summed E-state index contributed by atoms with van der Waals surface area (Å²) in [6.45, 7) is 14.2. The molecule has 0 amide bonds. The fourth-order valence-electron chi connectivity index (χ4n) is 23.9. The van der Waals surface area contributed by atoms with Crippen LogP contribution >= 0.6 is 0 Å². The first kappa shape index (κ1) is 72.2. The molecule has 18 aromatic carbocycles. The Morgan fingerprint density at radius 1 is 0.171 bits per heavy atom. The molecule has 7 nitrogen and oxygen atoms in total. The van der Waals surface area contributed by atoms with Gasteiger partial charge in [-0.3, -0.25) is 9.13 Å². The van der Waals surface area contributed by atoms with Gasteiger partial charge in [0.15, 0.2) is 5.82 Å². The Hall–Kier alpha value is -16.1. The van der Waals surface area contributed by atoms with Gasteiger partial charge in [-0.15, -0.1) is 0 Å². The van der Waals surface area contributed by atoms with Crippen molar-refractivity contribution in [3.8, 4) is 101 Å². The normalized spacial score (nSPS) is 14.0. The molecule has 25 aromatic rings. The Balaban J connectivity index is 0.640. The van der Waals surface area contributed by atoms with Crippen LogP contribution < -0.4 is 0 Å². The molecule has 0 saturated heterocycles. The number of fused-ring (bicyclic) bond motifs is 27. The lowest BCUT2D eigenvalue weighted by molar-refractivity contribution is 0.660. The van der Waals surface area contributed by atoms with E-state index >= 15 is 0 Å². The third-order valence-corrected chi connectivity index (χ3v) is 30.0. The molecule has 0 radical (unpaired) electrons. The predicted octanol–water partition coefficient (Wildman–Crippen LogP) is 31.6. The topological polar surface area (TPSA) is 42.5 Å². The van der Waals surface area contributed by atoms with Crippen molar-refractivity contribution in [1.29, 1.82) is 0 Å². The minimum absolute atomic E-state index is 0.137. The van der Waals surface area contributed by atoms with E-state index in [9.17, 15) is 0 Å². The van der Waals surface area contributed by atoms with Gasteiger partial charge in [-0.05, 0) is 240 Å². The van der Waals surface area contributed by atoms with Crippen LogP contribution in [0.1, 0.15) is 74.9 Å². The summed E-state index contributed by atoms with van der Waals surface area (Å²) in [5, 5.41) is 14.2. The van der Waals surface area contributed by atoms with Gasteiger partial charge in [0.05, 0.1) is 71.9 Å². The number of nitrogens with zero attached hydrogens (tertiary/aromatic N) is 7. The molecule has 0 aliphatic heterocycles. The Morgan fingerprint density at radius 2 is 0.426 bits per heavy atom. The molecule has 3 aliphatic carbocycles. The van der Waals surface area contributed by atoms with Crippen molar-refractivity contribution >= 4 is 131 Å². The maximum atomic E-state index is 6.34. The van der Waals surface area contributed by atoms with Gasteiger partial charge >= 0.3 is 0 Å². The van der Waals surface area contributed by atoms with Gasteiger partial charge in [0.25, 0.3) is 0 Å². The van der Waals surface area contributed by atoms with E-state index in [0.717, 1.165) is 127 Å². The van der Waals surface area contributed by atoms with Gasteiger partial charge in [-0.1, -0.05) is 296 Å². The predicted molar refractivity (Wildman–Crippen MR) is 539 cm³/mol. The number of rotatable bonds is 9. The van der Waals surface area contributed by atoms with E-state index in [1.54, 1.807) is 0 Å². The van der Waals surface area contributed by atoms with Gasteiger partial charge in [0.2, 0.25) is 0 Å². The molecular formula is C122H83N7. The second-order valence-electron chi connectivity index (χ2n) is 37.7. The third kappa shape index (κ3) is 9.93. The van der Waals surface area contributed by atoms with Crippen molar-refractivity contribution in [2.24, 2.45) is 0 Å². The summed E-state index contributed by atoms with van der Waals surface area (Å²) in [5.74, 6) is 1.61. The molecule has 0 spiro atoms. The lowest BCUT2D eigenvalue weighted by Gasteiger charge is -2.22. The highest BCUT2D eigenvalue weighted by molar-refractivity contribution is 6.18. The molecule has 129 heavy (non-hydrogen) atoms. The van der Waals surface area contributed by atoms with Crippen molar-refractivity contribution in [3.05, 3.63) is 428 Å². The van der Waals surface area contributed by atoms with E-state index in [1.165, 1.54) is 138 Å². The Kier molecular flexibility index (Phi) is 14.6. The van der Waals surface area contributed by atoms with E-state index < -0.39 is 0 Å². The molecule has 3 aliphatic rings. The van der Waals surface area contributed by atoms with Crippen molar-refractivity contribution in [1.82, 2.24) is 32.4 Å². The first-order valence-corrected chi connectivity index (χ1v) is 45.2. The summed E-state index contributed by atoms with van der Waals surface area (Å²) in [5.41, 5.74) is 40.4. The van der Waals surface area contributed by atoms with Gasteiger partial charge in [-0.25, -0.2) is 4.98 Å². The molecule has 0 atom stereocenters. The minimum atomic E-state index is -0.145. The lowest BCUT2D eigenvalue weighted by Crippen LogP contribution is -2.15. The summed E-state index contributed by atoms with van der Waals surface area (Å²) in [7, 11) is 0.